The Labute approximate surface area is 201 Å². The van der Waals surface area contributed by atoms with Gasteiger partial charge in [-0.15, -0.1) is 0 Å². The standard InChI is InChI=1S/C24H22Cl2FN3O3/c1-14(2)33-20-10-28-24(29-11-20)32-13-19-8-17-7-18(27)5-3-16(17)12-30(19)23(31)15-4-6-21(25)22(26)9-15/h3-7,9-11,14,19H,8,12-13H2,1-2H3. The molecule has 4 rings (SSSR count). The van der Waals surface area contributed by atoms with Crippen LogP contribution >= 0.6 is 23.2 Å². The highest BCUT2D eigenvalue weighted by Gasteiger charge is 2.31. The molecule has 2 aromatic carbocycles. The molecule has 1 aliphatic heterocycles. The van der Waals surface area contributed by atoms with Crippen molar-refractivity contribution >= 4 is 29.1 Å². The van der Waals surface area contributed by atoms with Crippen molar-refractivity contribution in [2.24, 2.45) is 0 Å². The summed E-state index contributed by atoms with van der Waals surface area (Å²) in [7, 11) is 0. The van der Waals surface area contributed by atoms with Crippen molar-refractivity contribution in [2.45, 2.75) is 39.0 Å². The van der Waals surface area contributed by atoms with E-state index in [4.69, 9.17) is 32.7 Å². The van der Waals surface area contributed by atoms with E-state index in [0.29, 0.717) is 34.3 Å². The first kappa shape index (κ1) is 23.3. The molecular weight excluding hydrogens is 468 g/mol. The molecule has 0 spiro atoms. The number of halogens is 3. The van der Waals surface area contributed by atoms with Gasteiger partial charge in [-0.3, -0.25) is 4.79 Å². The Morgan fingerprint density at radius 1 is 1.12 bits per heavy atom. The lowest BCUT2D eigenvalue weighted by Gasteiger charge is -2.36. The minimum atomic E-state index is -0.364. The van der Waals surface area contributed by atoms with E-state index in [0.717, 1.165) is 11.1 Å². The second kappa shape index (κ2) is 9.93. The number of benzene rings is 2. The quantitative estimate of drug-likeness (QED) is 0.466. The number of nitrogens with zero attached hydrogens (tertiary/aromatic N) is 3. The van der Waals surface area contributed by atoms with Crippen LogP contribution in [0.1, 0.15) is 35.3 Å². The molecule has 0 bridgehead atoms. The highest BCUT2D eigenvalue weighted by Crippen LogP contribution is 2.28. The summed E-state index contributed by atoms with van der Waals surface area (Å²) in [6.07, 6.45) is 3.50. The molecule has 0 fully saturated rings. The van der Waals surface area contributed by atoms with Gasteiger partial charge < -0.3 is 14.4 Å². The molecule has 0 radical (unpaired) electrons. The topological polar surface area (TPSA) is 64.6 Å². The summed E-state index contributed by atoms with van der Waals surface area (Å²) in [5, 5.41) is 0.668. The number of fused-ring (bicyclic) bond motifs is 1. The zero-order valence-electron chi connectivity index (χ0n) is 18.1. The summed E-state index contributed by atoms with van der Waals surface area (Å²) in [5.74, 6) is -0.00339. The van der Waals surface area contributed by atoms with Crippen molar-refractivity contribution < 1.29 is 18.7 Å². The van der Waals surface area contributed by atoms with Crippen molar-refractivity contribution in [2.75, 3.05) is 6.61 Å². The van der Waals surface area contributed by atoms with E-state index in [2.05, 4.69) is 9.97 Å². The van der Waals surface area contributed by atoms with Gasteiger partial charge in [0.05, 0.1) is 34.6 Å². The number of hydrogen-bond donors (Lipinski definition) is 0. The van der Waals surface area contributed by atoms with Gasteiger partial charge in [-0.25, -0.2) is 4.39 Å². The maximum Gasteiger partial charge on any atom is 0.316 e. The van der Waals surface area contributed by atoms with Gasteiger partial charge in [0.15, 0.2) is 5.75 Å². The number of ether oxygens (including phenoxy) is 2. The number of carbonyl (C=O) groups excluding carboxylic acids is 1. The average molecular weight is 490 g/mol. The Morgan fingerprint density at radius 2 is 1.88 bits per heavy atom. The normalized spacial score (nSPS) is 15.3. The lowest BCUT2D eigenvalue weighted by Crippen LogP contribution is -2.47. The largest absolute Gasteiger partial charge is 0.488 e. The van der Waals surface area contributed by atoms with Gasteiger partial charge in [-0.2, -0.15) is 9.97 Å². The van der Waals surface area contributed by atoms with Crippen molar-refractivity contribution in [3.8, 4) is 11.8 Å². The molecular formula is C24H22Cl2FN3O3. The van der Waals surface area contributed by atoms with Gasteiger partial charge >= 0.3 is 6.01 Å². The van der Waals surface area contributed by atoms with E-state index >= 15 is 0 Å². The number of amides is 1. The molecule has 172 valence electrons. The minimum absolute atomic E-state index is 0.00372. The third-order valence-corrected chi connectivity index (χ3v) is 5.95. The van der Waals surface area contributed by atoms with E-state index in [1.54, 1.807) is 29.2 Å². The molecule has 1 atom stereocenters. The van der Waals surface area contributed by atoms with E-state index in [1.165, 1.54) is 24.5 Å². The molecule has 0 N–H and O–H groups in total. The first-order chi connectivity index (χ1) is 15.8. The summed E-state index contributed by atoms with van der Waals surface area (Å²) in [6, 6.07) is 9.16. The van der Waals surface area contributed by atoms with Gasteiger partial charge in [0.2, 0.25) is 0 Å². The average Bonchev–Trinajstić information content (AvgIpc) is 2.79. The lowest BCUT2D eigenvalue weighted by molar-refractivity contribution is 0.0558. The fourth-order valence-corrected chi connectivity index (χ4v) is 3.98. The Hall–Kier alpha value is -2.90. The van der Waals surface area contributed by atoms with E-state index in [9.17, 15) is 9.18 Å². The molecule has 2 heterocycles. The Morgan fingerprint density at radius 3 is 2.58 bits per heavy atom. The second-order valence-corrected chi connectivity index (χ2v) is 8.83. The van der Waals surface area contributed by atoms with Crippen LogP contribution in [0.3, 0.4) is 0 Å². The van der Waals surface area contributed by atoms with Crippen LogP contribution in [0.2, 0.25) is 10.0 Å². The molecule has 1 aromatic heterocycles. The Bertz CT molecular complexity index is 1160. The summed E-state index contributed by atoms with van der Waals surface area (Å²) in [5.41, 5.74) is 2.13. The number of hydrogen-bond acceptors (Lipinski definition) is 5. The molecule has 0 aliphatic carbocycles. The minimum Gasteiger partial charge on any atom is -0.488 e. The predicted octanol–water partition coefficient (Wildman–Crippen LogP) is 5.36. The number of carbonyl (C=O) groups is 1. The SMILES string of the molecule is CC(C)Oc1cnc(OCC2Cc3cc(F)ccc3CN2C(=O)c2ccc(Cl)c(Cl)c2)nc1. The van der Waals surface area contributed by atoms with Crippen molar-refractivity contribution in [1.82, 2.24) is 14.9 Å². The van der Waals surface area contributed by atoms with Gasteiger partial charge in [0.25, 0.3) is 5.91 Å². The summed E-state index contributed by atoms with van der Waals surface area (Å²) < 4.78 is 25.2. The Balaban J connectivity index is 1.55. The smallest absolute Gasteiger partial charge is 0.316 e. The van der Waals surface area contributed by atoms with E-state index < -0.39 is 0 Å². The third kappa shape index (κ3) is 5.54. The molecule has 0 saturated heterocycles. The zero-order chi connectivity index (χ0) is 23.5. The summed E-state index contributed by atoms with van der Waals surface area (Å²) in [6.45, 7) is 4.26. The van der Waals surface area contributed by atoms with Crippen LogP contribution in [0.4, 0.5) is 4.39 Å². The maximum absolute atomic E-state index is 13.8. The fourth-order valence-electron chi connectivity index (χ4n) is 3.68. The van der Waals surface area contributed by atoms with Crippen molar-refractivity contribution in [3.63, 3.8) is 0 Å². The number of rotatable bonds is 6. The van der Waals surface area contributed by atoms with Crippen LogP contribution in [-0.2, 0) is 13.0 Å². The summed E-state index contributed by atoms with van der Waals surface area (Å²) >= 11 is 12.1. The van der Waals surface area contributed by atoms with Crippen LogP contribution in [0.5, 0.6) is 11.8 Å². The molecule has 9 heteroatoms. The second-order valence-electron chi connectivity index (χ2n) is 8.01. The van der Waals surface area contributed by atoms with E-state index in [1.807, 2.05) is 13.8 Å². The van der Waals surface area contributed by atoms with Crippen LogP contribution in [-0.4, -0.2) is 39.5 Å². The van der Waals surface area contributed by atoms with Crippen LogP contribution < -0.4 is 9.47 Å². The van der Waals surface area contributed by atoms with Crippen LogP contribution in [0.15, 0.2) is 48.8 Å². The fraction of sp³-hybridized carbons (Fsp3) is 0.292. The lowest BCUT2D eigenvalue weighted by atomic mass is 9.93. The third-order valence-electron chi connectivity index (χ3n) is 5.21. The van der Waals surface area contributed by atoms with Gasteiger partial charge in [-0.05, 0) is 61.7 Å². The monoisotopic (exact) mass is 489 g/mol. The molecule has 1 unspecified atom stereocenters. The number of aromatic nitrogens is 2. The zero-order valence-corrected chi connectivity index (χ0v) is 19.6. The molecule has 33 heavy (non-hydrogen) atoms. The highest BCUT2D eigenvalue weighted by atomic mass is 35.5. The maximum atomic E-state index is 13.8. The first-order valence-electron chi connectivity index (χ1n) is 10.4. The van der Waals surface area contributed by atoms with E-state index in [-0.39, 0.29) is 36.5 Å². The van der Waals surface area contributed by atoms with Crippen LogP contribution in [0.25, 0.3) is 0 Å². The highest BCUT2D eigenvalue weighted by molar-refractivity contribution is 6.42. The molecule has 6 nitrogen and oxygen atoms in total. The van der Waals surface area contributed by atoms with Gasteiger partial charge in [0, 0.05) is 12.1 Å². The molecule has 3 aromatic rings. The molecule has 1 aliphatic rings. The predicted molar refractivity (Wildman–Crippen MR) is 124 cm³/mol. The van der Waals surface area contributed by atoms with Crippen molar-refractivity contribution in [3.05, 3.63) is 81.3 Å². The summed E-state index contributed by atoms with van der Waals surface area (Å²) in [4.78, 5) is 23.4. The molecule has 0 saturated carbocycles. The van der Waals surface area contributed by atoms with Crippen molar-refractivity contribution in [1.29, 1.82) is 0 Å². The van der Waals surface area contributed by atoms with Crippen LogP contribution in [0, 0.1) is 5.82 Å². The van der Waals surface area contributed by atoms with Gasteiger partial charge in [0.1, 0.15) is 12.4 Å². The first-order valence-corrected chi connectivity index (χ1v) is 11.2. The Kier molecular flexibility index (Phi) is 7.00. The molecule has 1 amide bonds. The van der Waals surface area contributed by atoms with Gasteiger partial charge in [-0.1, -0.05) is 29.3 Å².